The quantitative estimate of drug-likeness (QED) is 0.641. The van der Waals surface area contributed by atoms with Gasteiger partial charge in [0, 0.05) is 21.0 Å². The Morgan fingerprint density at radius 3 is 1.29 bits per heavy atom. The van der Waals surface area contributed by atoms with Crippen molar-refractivity contribution in [3.8, 4) is 0 Å². The van der Waals surface area contributed by atoms with Crippen molar-refractivity contribution in [3.05, 3.63) is 32.2 Å². The van der Waals surface area contributed by atoms with E-state index in [9.17, 15) is 9.59 Å². The molecule has 134 valence electrons. The normalized spacial score (nSPS) is 13.8. The van der Waals surface area contributed by atoms with Crippen LogP contribution in [0.1, 0.15) is 62.3 Å². The Hall–Kier alpha value is -0.880. The fourth-order valence-corrected chi connectivity index (χ4v) is 2.84. The van der Waals surface area contributed by atoms with Crippen LogP contribution in [-0.2, 0) is 0 Å². The molecule has 0 aliphatic carbocycles. The molecule has 0 aromatic heterocycles. The molecule has 2 amide bonds. The molecule has 0 fully saturated rings. The van der Waals surface area contributed by atoms with Crippen LogP contribution >= 0.6 is 31.9 Å². The van der Waals surface area contributed by atoms with Crippen molar-refractivity contribution in [3.63, 3.8) is 0 Å². The fourth-order valence-electron chi connectivity index (χ4n) is 1.80. The van der Waals surface area contributed by atoms with E-state index in [2.05, 4.69) is 70.2 Å². The number of carbonyl (C=O) groups excluding carboxylic acids is 2. The van der Waals surface area contributed by atoms with Crippen LogP contribution in [0.5, 0.6) is 0 Å². The number of hydrogen-bond donors (Lipinski definition) is 2. The number of carbonyl (C=O) groups is 2. The van der Waals surface area contributed by atoms with Gasteiger partial charge in [-0.1, -0.05) is 27.7 Å². The summed E-state index contributed by atoms with van der Waals surface area (Å²) in [5.74, 6) is 0.370. The van der Waals surface area contributed by atoms with Gasteiger partial charge in [-0.15, -0.1) is 0 Å². The molecule has 0 spiro atoms. The number of benzene rings is 1. The average molecular weight is 462 g/mol. The van der Waals surface area contributed by atoms with Crippen molar-refractivity contribution in [2.24, 2.45) is 11.8 Å². The van der Waals surface area contributed by atoms with Crippen LogP contribution in [-0.4, -0.2) is 23.9 Å². The Balaban J connectivity index is 3.01. The maximum absolute atomic E-state index is 12.4. The predicted octanol–water partition coefficient (Wildman–Crippen LogP) is 4.76. The Labute approximate surface area is 161 Å². The molecular formula is C18H26Br2N2O2. The van der Waals surface area contributed by atoms with Crippen molar-refractivity contribution in [1.82, 2.24) is 10.6 Å². The Morgan fingerprint density at radius 1 is 0.750 bits per heavy atom. The molecule has 1 rings (SSSR count). The minimum atomic E-state index is -0.161. The Morgan fingerprint density at radius 2 is 1.04 bits per heavy atom. The largest absolute Gasteiger partial charge is 0.349 e. The number of amides is 2. The van der Waals surface area contributed by atoms with E-state index in [1.807, 2.05) is 13.8 Å². The molecule has 4 nitrogen and oxygen atoms in total. The second-order valence-electron chi connectivity index (χ2n) is 6.82. The van der Waals surface area contributed by atoms with Gasteiger partial charge in [-0.3, -0.25) is 9.59 Å². The van der Waals surface area contributed by atoms with E-state index in [0.29, 0.717) is 31.9 Å². The van der Waals surface area contributed by atoms with Gasteiger partial charge in [-0.05, 0) is 69.7 Å². The Bertz CT molecular complexity index is 562. The SMILES string of the molecule is CC(C)[C@H](C)NC(=O)c1cc(Br)c(C(=O)N[C@@H](C)C(C)C)cc1Br. The first-order valence-electron chi connectivity index (χ1n) is 8.15. The molecule has 0 aliphatic heterocycles. The second-order valence-corrected chi connectivity index (χ2v) is 8.53. The van der Waals surface area contributed by atoms with Crippen LogP contribution in [0.2, 0.25) is 0 Å². The molecule has 0 saturated carbocycles. The number of halogens is 2. The molecule has 1 aromatic carbocycles. The van der Waals surface area contributed by atoms with Gasteiger partial charge in [0.05, 0.1) is 11.1 Å². The fraction of sp³-hybridized carbons (Fsp3) is 0.556. The lowest BCUT2D eigenvalue weighted by molar-refractivity contribution is 0.0917. The van der Waals surface area contributed by atoms with Crippen LogP contribution in [0.15, 0.2) is 21.1 Å². The monoisotopic (exact) mass is 460 g/mol. The van der Waals surface area contributed by atoms with E-state index in [1.54, 1.807) is 12.1 Å². The van der Waals surface area contributed by atoms with Gasteiger partial charge in [-0.2, -0.15) is 0 Å². The summed E-state index contributed by atoms with van der Waals surface area (Å²) >= 11 is 6.82. The van der Waals surface area contributed by atoms with Crippen molar-refractivity contribution in [2.45, 2.75) is 53.6 Å². The third-order valence-corrected chi connectivity index (χ3v) is 5.58. The second kappa shape index (κ2) is 8.99. The summed E-state index contributed by atoms with van der Waals surface area (Å²) in [5.41, 5.74) is 1.01. The lowest BCUT2D eigenvalue weighted by atomic mass is 10.0. The van der Waals surface area contributed by atoms with Crippen LogP contribution in [0.25, 0.3) is 0 Å². The van der Waals surface area contributed by atoms with Crippen molar-refractivity contribution in [1.29, 1.82) is 0 Å². The smallest absolute Gasteiger partial charge is 0.252 e. The lowest BCUT2D eigenvalue weighted by Gasteiger charge is -2.20. The number of hydrogen-bond acceptors (Lipinski definition) is 2. The van der Waals surface area contributed by atoms with Crippen LogP contribution in [0.3, 0.4) is 0 Å². The van der Waals surface area contributed by atoms with E-state index in [4.69, 9.17) is 0 Å². The van der Waals surface area contributed by atoms with Gasteiger partial charge in [0.25, 0.3) is 11.8 Å². The van der Waals surface area contributed by atoms with Gasteiger partial charge in [0.15, 0.2) is 0 Å². The summed E-state index contributed by atoms with van der Waals surface area (Å²) < 4.78 is 1.20. The molecule has 0 aliphatic rings. The average Bonchev–Trinajstić information content (AvgIpc) is 2.48. The van der Waals surface area contributed by atoms with E-state index in [1.165, 1.54) is 0 Å². The van der Waals surface area contributed by atoms with Crippen molar-refractivity contribution < 1.29 is 9.59 Å². The van der Waals surface area contributed by atoms with Gasteiger partial charge in [0.2, 0.25) is 0 Å². The first-order chi connectivity index (χ1) is 11.0. The molecule has 6 heteroatoms. The van der Waals surface area contributed by atoms with E-state index in [0.717, 1.165) is 0 Å². The molecule has 0 radical (unpaired) electrons. The van der Waals surface area contributed by atoms with E-state index < -0.39 is 0 Å². The minimum absolute atomic E-state index is 0.0676. The maximum Gasteiger partial charge on any atom is 0.252 e. The van der Waals surface area contributed by atoms with Crippen molar-refractivity contribution >= 4 is 43.7 Å². The molecule has 1 aromatic rings. The maximum atomic E-state index is 12.4. The molecule has 0 saturated heterocycles. The van der Waals surface area contributed by atoms with E-state index >= 15 is 0 Å². The summed E-state index contributed by atoms with van der Waals surface area (Å²) in [6, 6.07) is 3.50. The zero-order chi connectivity index (χ0) is 18.6. The lowest BCUT2D eigenvalue weighted by Crippen LogP contribution is -2.37. The third kappa shape index (κ3) is 5.59. The molecule has 0 heterocycles. The highest BCUT2D eigenvalue weighted by Gasteiger charge is 2.20. The highest BCUT2D eigenvalue weighted by molar-refractivity contribution is 9.11. The molecule has 24 heavy (non-hydrogen) atoms. The zero-order valence-electron chi connectivity index (χ0n) is 15.0. The van der Waals surface area contributed by atoms with Gasteiger partial charge in [0.1, 0.15) is 0 Å². The highest BCUT2D eigenvalue weighted by atomic mass is 79.9. The van der Waals surface area contributed by atoms with Gasteiger partial charge < -0.3 is 10.6 Å². The third-order valence-electron chi connectivity index (χ3n) is 4.26. The van der Waals surface area contributed by atoms with Gasteiger partial charge >= 0.3 is 0 Å². The van der Waals surface area contributed by atoms with Crippen LogP contribution < -0.4 is 10.6 Å². The summed E-state index contributed by atoms with van der Waals surface area (Å²) in [6.07, 6.45) is 0. The summed E-state index contributed by atoms with van der Waals surface area (Å²) in [7, 11) is 0. The van der Waals surface area contributed by atoms with E-state index in [-0.39, 0.29) is 23.9 Å². The molecule has 0 unspecified atom stereocenters. The standard InChI is InChI=1S/C18H26Br2N2O2/c1-9(2)11(5)21-17(23)13-7-16(20)14(8-15(13)19)18(24)22-12(6)10(3)4/h7-12H,1-6H3,(H,21,23)(H,22,24)/t11-,12-/m0/s1. The highest BCUT2D eigenvalue weighted by Crippen LogP contribution is 2.26. The minimum Gasteiger partial charge on any atom is -0.349 e. The summed E-state index contributed by atoms with van der Waals surface area (Å²) in [5, 5.41) is 5.94. The predicted molar refractivity (Wildman–Crippen MR) is 105 cm³/mol. The van der Waals surface area contributed by atoms with Crippen LogP contribution in [0.4, 0.5) is 0 Å². The summed E-state index contributed by atoms with van der Waals surface area (Å²) in [4.78, 5) is 24.8. The summed E-state index contributed by atoms with van der Waals surface area (Å²) in [6.45, 7) is 12.2. The zero-order valence-corrected chi connectivity index (χ0v) is 18.2. The number of rotatable bonds is 6. The molecular weight excluding hydrogens is 436 g/mol. The molecule has 2 atom stereocenters. The van der Waals surface area contributed by atoms with Crippen molar-refractivity contribution in [2.75, 3.05) is 0 Å². The number of nitrogens with one attached hydrogen (secondary N) is 2. The first-order valence-corrected chi connectivity index (χ1v) is 9.74. The first kappa shape index (κ1) is 21.2. The van der Waals surface area contributed by atoms with Gasteiger partial charge in [-0.25, -0.2) is 0 Å². The molecule has 0 bridgehead atoms. The topological polar surface area (TPSA) is 58.2 Å². The van der Waals surface area contributed by atoms with Crippen LogP contribution in [0, 0.1) is 11.8 Å². The molecule has 2 N–H and O–H groups in total. The Kier molecular flexibility index (Phi) is 7.93.